The molecule has 0 N–H and O–H groups in total. The minimum absolute atomic E-state index is 0.217. The van der Waals surface area contributed by atoms with Gasteiger partial charge in [0.15, 0.2) is 6.29 Å². The molecule has 1 aromatic rings. The lowest BCUT2D eigenvalue weighted by molar-refractivity contribution is -0.361. The second kappa shape index (κ2) is 8.55. The zero-order valence-electron chi connectivity index (χ0n) is 16.2. The summed E-state index contributed by atoms with van der Waals surface area (Å²) in [5.41, 5.74) is 0.833. The standard InChI is InChI=1S/C21H30O6/c1-3-5-12-22-17-16-14-24-21(15-10-8-7-9-11-15)26-19(20(25-16)27-21)18(17)23-13-6-4-2/h7-11,16-20H,3-6,12-14H2,1-2H3/t16?,17-,18?,19?,20?,21?/m1/s1. The van der Waals surface area contributed by atoms with Gasteiger partial charge in [0.25, 0.3) is 0 Å². The predicted octanol–water partition coefficient (Wildman–Crippen LogP) is 3.34. The summed E-state index contributed by atoms with van der Waals surface area (Å²) in [4.78, 5) is 0. The van der Waals surface area contributed by atoms with E-state index in [4.69, 9.17) is 28.4 Å². The molecule has 3 fully saturated rings. The SMILES string of the molecule is CCCCOC1C2OC3(c4ccccc4)OCC(OC2O3)[C@H]1OCCCC. The maximum Gasteiger partial charge on any atom is 0.314 e. The van der Waals surface area contributed by atoms with E-state index in [0.29, 0.717) is 19.8 Å². The molecule has 6 atom stereocenters. The summed E-state index contributed by atoms with van der Waals surface area (Å²) in [6.07, 6.45) is 2.59. The third-order valence-electron chi connectivity index (χ3n) is 5.34. The number of rotatable bonds is 9. The molecule has 0 aromatic heterocycles. The van der Waals surface area contributed by atoms with E-state index in [-0.39, 0.29) is 24.4 Å². The molecular formula is C21H30O6. The van der Waals surface area contributed by atoms with Crippen molar-refractivity contribution in [3.8, 4) is 0 Å². The first-order chi connectivity index (χ1) is 13.3. The fraction of sp³-hybridized carbons (Fsp3) is 0.714. The van der Waals surface area contributed by atoms with Crippen molar-refractivity contribution in [3.63, 3.8) is 0 Å². The molecule has 3 bridgehead atoms. The molecule has 3 saturated heterocycles. The van der Waals surface area contributed by atoms with Crippen molar-refractivity contribution in [2.75, 3.05) is 19.8 Å². The van der Waals surface area contributed by atoms with Crippen molar-refractivity contribution in [2.45, 2.75) is 76.2 Å². The number of hydrogen-bond donors (Lipinski definition) is 0. The fourth-order valence-corrected chi connectivity index (χ4v) is 3.83. The number of unbranched alkanes of at least 4 members (excludes halogenated alkanes) is 2. The topological polar surface area (TPSA) is 55.4 Å². The zero-order chi connectivity index (χ0) is 18.7. The van der Waals surface area contributed by atoms with Crippen molar-refractivity contribution < 1.29 is 28.4 Å². The Bertz CT molecular complexity index is 596. The Morgan fingerprint density at radius 2 is 1.67 bits per heavy atom. The minimum atomic E-state index is -1.23. The van der Waals surface area contributed by atoms with Gasteiger partial charge in [-0.1, -0.05) is 57.0 Å². The van der Waals surface area contributed by atoms with Gasteiger partial charge in [0.05, 0.1) is 6.61 Å². The van der Waals surface area contributed by atoms with Crippen molar-refractivity contribution in [2.24, 2.45) is 0 Å². The van der Waals surface area contributed by atoms with Crippen LogP contribution >= 0.6 is 0 Å². The van der Waals surface area contributed by atoms with Crippen molar-refractivity contribution in [1.82, 2.24) is 0 Å². The Balaban J connectivity index is 1.57. The van der Waals surface area contributed by atoms with Crippen LogP contribution in [0.4, 0.5) is 0 Å². The van der Waals surface area contributed by atoms with Crippen LogP contribution in [0.2, 0.25) is 0 Å². The highest BCUT2D eigenvalue weighted by Gasteiger charge is 2.62. The Morgan fingerprint density at radius 1 is 0.963 bits per heavy atom. The number of hydrogen-bond acceptors (Lipinski definition) is 6. The molecule has 6 nitrogen and oxygen atoms in total. The monoisotopic (exact) mass is 378 g/mol. The Morgan fingerprint density at radius 3 is 2.37 bits per heavy atom. The number of benzene rings is 1. The van der Waals surface area contributed by atoms with Gasteiger partial charge in [-0.3, -0.25) is 4.74 Å². The van der Waals surface area contributed by atoms with E-state index in [1.54, 1.807) is 0 Å². The first-order valence-corrected chi connectivity index (χ1v) is 10.2. The van der Waals surface area contributed by atoms with Gasteiger partial charge in [-0.05, 0) is 12.8 Å². The van der Waals surface area contributed by atoms with Crippen LogP contribution in [0, 0.1) is 0 Å². The van der Waals surface area contributed by atoms with Gasteiger partial charge < -0.3 is 23.7 Å². The summed E-state index contributed by atoms with van der Waals surface area (Å²) >= 11 is 0. The Labute approximate surface area is 161 Å². The molecule has 0 amide bonds. The van der Waals surface area contributed by atoms with Crippen LogP contribution in [0.3, 0.4) is 0 Å². The fourth-order valence-electron chi connectivity index (χ4n) is 3.83. The third kappa shape index (κ3) is 3.79. The first kappa shape index (κ1) is 19.3. The third-order valence-corrected chi connectivity index (χ3v) is 5.34. The largest absolute Gasteiger partial charge is 0.373 e. The number of fused-ring (bicyclic) bond motifs is 2. The van der Waals surface area contributed by atoms with Gasteiger partial charge in [0, 0.05) is 18.8 Å². The predicted molar refractivity (Wildman–Crippen MR) is 98.0 cm³/mol. The molecular weight excluding hydrogens is 348 g/mol. The highest BCUT2D eigenvalue weighted by Crippen LogP contribution is 2.47. The normalized spacial score (nSPS) is 37.5. The minimum Gasteiger partial charge on any atom is -0.373 e. The molecule has 5 unspecified atom stereocenters. The van der Waals surface area contributed by atoms with Crippen LogP contribution in [0.15, 0.2) is 30.3 Å². The van der Waals surface area contributed by atoms with E-state index in [2.05, 4.69) is 13.8 Å². The van der Waals surface area contributed by atoms with E-state index in [0.717, 1.165) is 31.2 Å². The second-order valence-electron chi connectivity index (χ2n) is 7.35. The Kier molecular flexibility index (Phi) is 6.12. The van der Waals surface area contributed by atoms with Gasteiger partial charge in [-0.25, -0.2) is 0 Å². The average Bonchev–Trinajstić information content (AvgIpc) is 2.98. The molecule has 3 heterocycles. The van der Waals surface area contributed by atoms with Crippen LogP contribution in [0.1, 0.15) is 45.1 Å². The molecule has 0 spiro atoms. The smallest absolute Gasteiger partial charge is 0.314 e. The van der Waals surface area contributed by atoms with E-state index in [1.165, 1.54) is 0 Å². The van der Waals surface area contributed by atoms with Crippen LogP contribution in [0.25, 0.3) is 0 Å². The summed E-state index contributed by atoms with van der Waals surface area (Å²) in [7, 11) is 0. The van der Waals surface area contributed by atoms with Crippen molar-refractivity contribution in [1.29, 1.82) is 0 Å². The lowest BCUT2D eigenvalue weighted by atomic mass is 9.98. The quantitative estimate of drug-likeness (QED) is 0.615. The molecule has 0 saturated carbocycles. The van der Waals surface area contributed by atoms with Crippen LogP contribution in [-0.2, 0) is 34.4 Å². The molecule has 27 heavy (non-hydrogen) atoms. The first-order valence-electron chi connectivity index (χ1n) is 10.2. The molecule has 6 heteroatoms. The molecule has 4 rings (SSSR count). The summed E-state index contributed by atoms with van der Waals surface area (Å²) in [6.45, 7) is 5.99. The molecule has 3 aliphatic heterocycles. The lowest BCUT2D eigenvalue weighted by Gasteiger charge is -2.43. The second-order valence-corrected chi connectivity index (χ2v) is 7.35. The van der Waals surface area contributed by atoms with Gasteiger partial charge in [-0.2, -0.15) is 0 Å². The molecule has 3 aliphatic rings. The molecule has 150 valence electrons. The number of ether oxygens (including phenoxy) is 6. The summed E-state index contributed by atoms with van der Waals surface area (Å²) in [6, 6.07) is 9.75. The molecule has 1 aromatic carbocycles. The van der Waals surface area contributed by atoms with E-state index in [9.17, 15) is 0 Å². The van der Waals surface area contributed by atoms with Crippen LogP contribution in [0.5, 0.6) is 0 Å². The highest BCUT2D eigenvalue weighted by atomic mass is 17.0. The van der Waals surface area contributed by atoms with Crippen LogP contribution < -0.4 is 0 Å². The Hall–Kier alpha value is -1.02. The van der Waals surface area contributed by atoms with E-state index >= 15 is 0 Å². The van der Waals surface area contributed by atoms with Gasteiger partial charge in [0.2, 0.25) is 0 Å². The van der Waals surface area contributed by atoms with Crippen LogP contribution in [-0.4, -0.2) is 50.5 Å². The van der Waals surface area contributed by atoms with Crippen molar-refractivity contribution >= 4 is 0 Å². The molecule has 0 radical (unpaired) electrons. The zero-order valence-corrected chi connectivity index (χ0v) is 16.2. The summed E-state index contributed by atoms with van der Waals surface area (Å²) < 4.78 is 37.2. The van der Waals surface area contributed by atoms with Gasteiger partial charge in [-0.15, -0.1) is 0 Å². The lowest BCUT2D eigenvalue weighted by Crippen LogP contribution is -2.60. The van der Waals surface area contributed by atoms with Crippen molar-refractivity contribution in [3.05, 3.63) is 35.9 Å². The van der Waals surface area contributed by atoms with Gasteiger partial charge >= 0.3 is 5.97 Å². The molecule has 0 aliphatic carbocycles. The van der Waals surface area contributed by atoms with Gasteiger partial charge in [0.1, 0.15) is 24.4 Å². The average molecular weight is 378 g/mol. The maximum absolute atomic E-state index is 6.33. The summed E-state index contributed by atoms with van der Waals surface area (Å²) in [5, 5.41) is 0. The summed E-state index contributed by atoms with van der Waals surface area (Å²) in [5.74, 6) is -1.23. The van der Waals surface area contributed by atoms with E-state index in [1.807, 2.05) is 30.3 Å². The highest BCUT2D eigenvalue weighted by molar-refractivity contribution is 5.20. The maximum atomic E-state index is 6.33. The van der Waals surface area contributed by atoms with E-state index < -0.39 is 12.3 Å².